The average Bonchev–Trinajstić information content (AvgIpc) is 2.30. The summed E-state index contributed by atoms with van der Waals surface area (Å²) in [5.74, 6) is -0.405. The van der Waals surface area contributed by atoms with Crippen LogP contribution >= 0.6 is 7.80 Å². The van der Waals surface area contributed by atoms with Crippen molar-refractivity contribution in [2.24, 2.45) is 0 Å². The minimum atomic E-state index is -0.279. The number of hydrogen-bond acceptors (Lipinski definition) is 0. The van der Waals surface area contributed by atoms with E-state index >= 15 is 0 Å². The van der Waals surface area contributed by atoms with Crippen LogP contribution in [-0.2, 0) is 0 Å². The first-order chi connectivity index (χ1) is 7.66. The fraction of sp³-hybridized carbons (Fsp3) is 0. The quantitative estimate of drug-likeness (QED) is 0.548. The Morgan fingerprint density at radius 3 is 1.31 bits per heavy atom. The van der Waals surface area contributed by atoms with Crippen LogP contribution in [0.15, 0.2) is 48.5 Å². The first-order valence-corrected chi connectivity index (χ1v) is 5.36. The largest absolute Gasteiger partial charge is 0.226 e. The summed E-state index contributed by atoms with van der Waals surface area (Å²) < 4.78 is 25.6. The molecule has 0 spiro atoms. The van der Waals surface area contributed by atoms with Gasteiger partial charge in [0.25, 0.3) is 0 Å². The normalized spacial score (nSPS) is 10.8. The number of benzene rings is 2. The van der Waals surface area contributed by atoms with Gasteiger partial charge in [-0.3, -0.25) is 0 Å². The Labute approximate surface area is 95.4 Å². The highest BCUT2D eigenvalue weighted by molar-refractivity contribution is 7.94. The second-order valence-corrected chi connectivity index (χ2v) is 4.32. The molecule has 0 amide bonds. The Bertz CT molecular complexity index is 422. The Morgan fingerprint density at radius 2 is 1.00 bits per heavy atom. The lowest BCUT2D eigenvalue weighted by molar-refractivity contribution is 0.628. The highest BCUT2D eigenvalue weighted by Gasteiger charge is 2.02. The molecule has 0 radical (unpaired) electrons. The maximum atomic E-state index is 12.8. The van der Waals surface area contributed by atoms with E-state index in [1.165, 1.54) is 34.9 Å². The molecule has 0 saturated heterocycles. The molecule has 82 valence electrons. The number of rotatable bonds is 2. The third-order valence-electron chi connectivity index (χ3n) is 1.91. The Morgan fingerprint density at radius 1 is 0.688 bits per heavy atom. The molecule has 4 heteroatoms. The molecular formula is C12H11BF2P-. The van der Waals surface area contributed by atoms with E-state index in [2.05, 4.69) is 0 Å². The molecule has 0 saturated carbocycles. The summed E-state index contributed by atoms with van der Waals surface area (Å²) in [6.45, 7) is 0. The molecule has 0 unspecified atom stereocenters. The molecule has 0 heterocycles. The highest BCUT2D eigenvalue weighted by atomic mass is 31.1. The van der Waals surface area contributed by atoms with Gasteiger partial charge >= 0.3 is 0 Å². The minimum Gasteiger partial charge on any atom is -0.226 e. The van der Waals surface area contributed by atoms with Gasteiger partial charge in [-0.15, -0.1) is 0 Å². The van der Waals surface area contributed by atoms with Crippen molar-refractivity contribution < 1.29 is 8.78 Å². The van der Waals surface area contributed by atoms with E-state index in [4.69, 9.17) is 0 Å². The summed E-state index contributed by atoms with van der Waals surface area (Å²) >= 11 is 0. The van der Waals surface area contributed by atoms with Gasteiger partial charge in [0.05, 0.1) is 0 Å². The SMILES string of the molecule is [BH3-]P(c1ccc(F)cc1)c1ccc(F)cc1. The van der Waals surface area contributed by atoms with Crippen molar-refractivity contribution in [1.82, 2.24) is 0 Å². The zero-order chi connectivity index (χ0) is 11.5. The Hall–Kier alpha value is -1.21. The van der Waals surface area contributed by atoms with Crippen molar-refractivity contribution in [3.63, 3.8) is 0 Å². The van der Waals surface area contributed by atoms with Crippen molar-refractivity contribution in [3.8, 4) is 0 Å². The van der Waals surface area contributed by atoms with Crippen molar-refractivity contribution in [2.45, 2.75) is 0 Å². The van der Waals surface area contributed by atoms with Crippen molar-refractivity contribution >= 4 is 26.0 Å². The molecule has 16 heavy (non-hydrogen) atoms. The first-order valence-electron chi connectivity index (χ1n) is 4.47. The minimum absolute atomic E-state index is 0.101. The van der Waals surface area contributed by atoms with Gasteiger partial charge in [-0.1, -0.05) is 34.9 Å². The van der Waals surface area contributed by atoms with Gasteiger partial charge in [-0.2, -0.15) is 0 Å². The van der Waals surface area contributed by atoms with Crippen LogP contribution in [-0.4, -0.2) is 7.57 Å². The van der Waals surface area contributed by atoms with E-state index in [-0.39, 0.29) is 27.0 Å². The predicted molar refractivity (Wildman–Crippen MR) is 68.9 cm³/mol. The van der Waals surface area contributed by atoms with Crippen molar-refractivity contribution in [2.75, 3.05) is 0 Å². The third-order valence-corrected chi connectivity index (χ3v) is 3.02. The van der Waals surface area contributed by atoms with E-state index in [0.29, 0.717) is 0 Å². The van der Waals surface area contributed by atoms with E-state index in [1.807, 2.05) is 24.3 Å². The molecule has 2 aromatic rings. The van der Waals surface area contributed by atoms with E-state index in [9.17, 15) is 8.78 Å². The van der Waals surface area contributed by atoms with Crippen LogP contribution in [0, 0.1) is 11.6 Å². The summed E-state index contributed by atoms with van der Waals surface area (Å²) in [5, 5.41) is 2.39. The molecule has 2 rings (SSSR count). The fourth-order valence-corrected chi connectivity index (χ4v) is 2.07. The van der Waals surface area contributed by atoms with Crippen molar-refractivity contribution in [1.29, 1.82) is 0 Å². The van der Waals surface area contributed by atoms with Gasteiger partial charge in [-0.05, 0) is 31.8 Å². The second-order valence-electron chi connectivity index (χ2n) is 3.06. The monoisotopic (exact) mass is 235 g/mol. The lowest BCUT2D eigenvalue weighted by Gasteiger charge is -2.19. The summed E-state index contributed by atoms with van der Waals surface area (Å²) in [7, 11) is -0.178. The van der Waals surface area contributed by atoms with Gasteiger partial charge in [-0.25, -0.2) is 16.6 Å². The zero-order valence-electron chi connectivity index (χ0n) is 7.82. The fourth-order valence-electron chi connectivity index (χ4n) is 1.18. The standard InChI is InChI=1S/C12H11BF2P/c13-16(11-5-1-9(14)2-6-11)12-7-3-10(15)4-8-12/h1-8H,13H3/q-1. The van der Waals surface area contributed by atoms with E-state index in [1.54, 1.807) is 0 Å². The second kappa shape index (κ2) is 4.75. The van der Waals surface area contributed by atoms with E-state index in [0.717, 1.165) is 0 Å². The zero-order valence-corrected chi connectivity index (χ0v) is 8.72. The highest BCUT2D eigenvalue weighted by Crippen LogP contribution is 2.26. The lowest BCUT2D eigenvalue weighted by atomic mass is 10.3. The summed E-state index contributed by atoms with van der Waals surface area (Å²) in [4.78, 5) is 0. The van der Waals surface area contributed by atoms with Gasteiger partial charge in [0.1, 0.15) is 11.6 Å². The molecule has 0 nitrogen and oxygen atoms in total. The maximum Gasteiger partial charge on any atom is 0.123 e. The molecule has 0 aromatic heterocycles. The summed E-state index contributed by atoms with van der Waals surface area (Å²) in [5.41, 5.74) is 0. The smallest absolute Gasteiger partial charge is 0.123 e. The third kappa shape index (κ3) is 2.48. The first kappa shape index (κ1) is 11.3. The van der Waals surface area contributed by atoms with Crippen molar-refractivity contribution in [3.05, 3.63) is 60.2 Å². The average molecular weight is 235 g/mol. The molecule has 2 aromatic carbocycles. The predicted octanol–water partition coefficient (Wildman–Crippen LogP) is 1.68. The van der Waals surface area contributed by atoms with Gasteiger partial charge in [0, 0.05) is 0 Å². The molecule has 0 atom stereocenters. The van der Waals surface area contributed by atoms with Crippen LogP contribution in [0.25, 0.3) is 0 Å². The lowest BCUT2D eigenvalue weighted by Crippen LogP contribution is -2.11. The Balaban J connectivity index is 2.28. The molecule has 0 aliphatic heterocycles. The molecule has 0 fully saturated rings. The molecular weight excluding hydrogens is 224 g/mol. The van der Waals surface area contributed by atoms with Gasteiger partial charge < -0.3 is 0 Å². The van der Waals surface area contributed by atoms with Crippen LogP contribution in [0.1, 0.15) is 0 Å². The van der Waals surface area contributed by atoms with Crippen LogP contribution in [0.4, 0.5) is 8.78 Å². The Kier molecular flexibility index (Phi) is 3.35. The number of hydrogen-bond donors (Lipinski definition) is 0. The molecule has 0 aliphatic carbocycles. The van der Waals surface area contributed by atoms with Crippen LogP contribution < -0.4 is 10.6 Å². The topological polar surface area (TPSA) is 0 Å². The molecule has 0 aliphatic rings. The molecule has 0 bridgehead atoms. The summed E-state index contributed by atoms with van der Waals surface area (Å²) in [6.07, 6.45) is 0. The van der Waals surface area contributed by atoms with Crippen LogP contribution in [0.2, 0.25) is 0 Å². The maximum absolute atomic E-state index is 12.8. The number of halogens is 2. The molecule has 0 N–H and O–H groups in total. The van der Waals surface area contributed by atoms with Crippen LogP contribution in [0.5, 0.6) is 0 Å². The van der Waals surface area contributed by atoms with Gasteiger partial charge in [0.2, 0.25) is 0 Å². The summed E-state index contributed by atoms with van der Waals surface area (Å²) in [6, 6.07) is 13.4. The van der Waals surface area contributed by atoms with E-state index < -0.39 is 0 Å². The van der Waals surface area contributed by atoms with Gasteiger partial charge in [0.15, 0.2) is 0 Å². The van der Waals surface area contributed by atoms with Crippen LogP contribution in [0.3, 0.4) is 0 Å².